The van der Waals surface area contributed by atoms with Crippen molar-refractivity contribution in [3.8, 4) is 0 Å². The van der Waals surface area contributed by atoms with Crippen LogP contribution in [0.15, 0.2) is 18.2 Å². The molecule has 2 amide bonds. The molecule has 34 heavy (non-hydrogen) atoms. The molecule has 0 bridgehead atoms. The lowest BCUT2D eigenvalue weighted by molar-refractivity contribution is -0.143. The number of halogens is 6. The average Bonchev–Trinajstić information content (AvgIpc) is 2.74. The summed E-state index contributed by atoms with van der Waals surface area (Å²) in [6.07, 6.45) is -3.32. The van der Waals surface area contributed by atoms with E-state index >= 15 is 0 Å². The summed E-state index contributed by atoms with van der Waals surface area (Å²) in [7, 11) is 0. The minimum atomic E-state index is -4.99. The van der Waals surface area contributed by atoms with Gasteiger partial charge in [0, 0.05) is 18.0 Å². The number of hydrogen-bond donors (Lipinski definition) is 3. The molecular formula is C23H29F6N3O2. The van der Waals surface area contributed by atoms with Gasteiger partial charge in [-0.25, -0.2) is 0 Å². The smallest absolute Gasteiger partial charge is 0.338 e. The molecule has 0 aromatic heterocycles. The molecule has 1 aromatic rings. The van der Waals surface area contributed by atoms with Crippen molar-refractivity contribution in [2.45, 2.75) is 82.2 Å². The van der Waals surface area contributed by atoms with Crippen molar-refractivity contribution in [3.05, 3.63) is 29.3 Å². The minimum absolute atomic E-state index is 0.0131. The van der Waals surface area contributed by atoms with Crippen molar-refractivity contribution in [3.63, 3.8) is 0 Å². The Labute approximate surface area is 193 Å². The molecule has 0 saturated heterocycles. The van der Waals surface area contributed by atoms with Gasteiger partial charge >= 0.3 is 12.4 Å². The van der Waals surface area contributed by atoms with Crippen molar-refractivity contribution in [1.82, 2.24) is 5.32 Å². The summed E-state index contributed by atoms with van der Waals surface area (Å²) in [5.74, 6) is -0.903. The van der Waals surface area contributed by atoms with Crippen molar-refractivity contribution in [1.29, 1.82) is 0 Å². The number of benzene rings is 1. The minimum Gasteiger partial charge on any atom is -0.338 e. The van der Waals surface area contributed by atoms with Gasteiger partial charge < -0.3 is 16.4 Å². The lowest BCUT2D eigenvalue weighted by Crippen LogP contribution is -2.59. The van der Waals surface area contributed by atoms with Crippen LogP contribution in [0.25, 0.3) is 0 Å². The molecule has 5 nitrogen and oxygen atoms in total. The summed E-state index contributed by atoms with van der Waals surface area (Å²) in [5.41, 5.74) is 1.94. The lowest BCUT2D eigenvalue weighted by atomic mass is 9.79. The van der Waals surface area contributed by atoms with Gasteiger partial charge in [0.25, 0.3) is 0 Å². The molecule has 2 saturated carbocycles. The summed E-state index contributed by atoms with van der Waals surface area (Å²) in [4.78, 5) is 24.9. The Balaban J connectivity index is 1.55. The fraction of sp³-hybridized carbons (Fsp3) is 0.652. The molecule has 0 aliphatic heterocycles. The van der Waals surface area contributed by atoms with Gasteiger partial charge in [-0.2, -0.15) is 26.3 Å². The van der Waals surface area contributed by atoms with E-state index in [1.807, 2.05) is 0 Å². The zero-order valence-electron chi connectivity index (χ0n) is 18.6. The van der Waals surface area contributed by atoms with Gasteiger partial charge in [0.2, 0.25) is 11.8 Å². The van der Waals surface area contributed by atoms with Gasteiger partial charge in [-0.3, -0.25) is 9.59 Å². The highest BCUT2D eigenvalue weighted by atomic mass is 19.4. The first kappa shape index (κ1) is 26.3. The first-order valence-electron chi connectivity index (χ1n) is 11.5. The molecule has 3 rings (SSSR count). The first-order valence-corrected chi connectivity index (χ1v) is 11.5. The van der Waals surface area contributed by atoms with Gasteiger partial charge in [-0.05, 0) is 62.6 Å². The third-order valence-electron chi connectivity index (χ3n) is 6.69. The third kappa shape index (κ3) is 7.10. The summed E-state index contributed by atoms with van der Waals surface area (Å²) in [5, 5.41) is 5.11. The quantitative estimate of drug-likeness (QED) is 0.369. The van der Waals surface area contributed by atoms with E-state index in [1.54, 1.807) is 0 Å². The Kier molecular flexibility index (Phi) is 7.84. The highest BCUT2D eigenvalue weighted by molar-refractivity contribution is 5.91. The number of nitrogens with two attached hydrogens (primary N) is 1. The zero-order valence-corrected chi connectivity index (χ0v) is 18.6. The molecule has 0 heterocycles. The van der Waals surface area contributed by atoms with Crippen LogP contribution in [0.4, 0.5) is 32.0 Å². The molecule has 0 atom stereocenters. The third-order valence-corrected chi connectivity index (χ3v) is 6.69. The maximum Gasteiger partial charge on any atom is 0.416 e. The number of alkyl halides is 6. The Morgan fingerprint density at radius 1 is 0.882 bits per heavy atom. The maximum absolute atomic E-state index is 13.0. The molecule has 2 aliphatic rings. The van der Waals surface area contributed by atoms with Gasteiger partial charge in [0.15, 0.2) is 0 Å². The SMILES string of the molecule is NC1(NC(=O)C2CCCCC2)CCC(CC(=O)Nc2cc(C(F)(F)F)cc(C(F)(F)F)c2)CC1. The molecule has 0 unspecified atom stereocenters. The van der Waals surface area contributed by atoms with Gasteiger partial charge in [-0.1, -0.05) is 19.3 Å². The Morgan fingerprint density at radius 2 is 1.41 bits per heavy atom. The van der Waals surface area contributed by atoms with E-state index in [2.05, 4.69) is 10.6 Å². The van der Waals surface area contributed by atoms with Crippen LogP contribution in [0, 0.1) is 11.8 Å². The predicted molar refractivity (Wildman–Crippen MR) is 113 cm³/mol. The Hall–Kier alpha value is -2.30. The number of hydrogen-bond acceptors (Lipinski definition) is 3. The van der Waals surface area contributed by atoms with Crippen LogP contribution in [0.2, 0.25) is 0 Å². The predicted octanol–water partition coefficient (Wildman–Crippen LogP) is 5.59. The standard InChI is InChI=1S/C23H29F6N3O2/c24-22(25,26)16-11-17(23(27,28)29)13-18(12-16)31-19(33)10-14-6-8-21(30,9-7-14)32-20(34)15-4-2-1-3-5-15/h11-15H,1-10,30H2,(H,31,33)(H,32,34). The van der Waals surface area contributed by atoms with Gasteiger partial charge in [-0.15, -0.1) is 0 Å². The fourth-order valence-corrected chi connectivity index (χ4v) is 4.74. The summed E-state index contributed by atoms with van der Waals surface area (Å²) in [6, 6.07) is 0.985. The second kappa shape index (κ2) is 10.1. The van der Waals surface area contributed by atoms with Crippen molar-refractivity contribution >= 4 is 17.5 Å². The molecule has 2 fully saturated rings. The van der Waals surface area contributed by atoms with Crippen molar-refractivity contribution in [2.75, 3.05) is 5.32 Å². The number of carbonyl (C=O) groups is 2. The number of carbonyl (C=O) groups excluding carboxylic acids is 2. The molecule has 0 spiro atoms. The lowest BCUT2D eigenvalue weighted by Gasteiger charge is -2.39. The fourth-order valence-electron chi connectivity index (χ4n) is 4.74. The van der Waals surface area contributed by atoms with E-state index in [4.69, 9.17) is 5.73 Å². The normalized spacial score (nSPS) is 24.5. The van der Waals surface area contributed by atoms with Crippen LogP contribution in [0.3, 0.4) is 0 Å². The Morgan fingerprint density at radius 3 is 1.91 bits per heavy atom. The summed E-state index contributed by atoms with van der Waals surface area (Å²) in [6.45, 7) is 0. The number of nitrogens with one attached hydrogen (secondary N) is 2. The van der Waals surface area contributed by atoms with Crippen LogP contribution < -0.4 is 16.4 Å². The van der Waals surface area contributed by atoms with Crippen LogP contribution >= 0.6 is 0 Å². The Bertz CT molecular complexity index is 853. The molecule has 2 aliphatic carbocycles. The maximum atomic E-state index is 13.0. The van der Waals surface area contributed by atoms with Crippen LogP contribution in [0.5, 0.6) is 0 Å². The molecule has 1 aromatic carbocycles. The molecule has 190 valence electrons. The number of amides is 2. The number of anilines is 1. The largest absolute Gasteiger partial charge is 0.416 e. The topological polar surface area (TPSA) is 84.2 Å². The second-order valence-electron chi connectivity index (χ2n) is 9.47. The highest BCUT2D eigenvalue weighted by Gasteiger charge is 2.38. The summed E-state index contributed by atoms with van der Waals surface area (Å²) < 4.78 is 78.0. The van der Waals surface area contributed by atoms with Crippen LogP contribution in [0.1, 0.15) is 75.3 Å². The van der Waals surface area contributed by atoms with Crippen molar-refractivity contribution < 1.29 is 35.9 Å². The monoisotopic (exact) mass is 493 g/mol. The van der Waals surface area contributed by atoms with Crippen LogP contribution in [-0.4, -0.2) is 17.5 Å². The van der Waals surface area contributed by atoms with Crippen molar-refractivity contribution in [2.24, 2.45) is 17.6 Å². The van der Waals surface area contributed by atoms with Crippen LogP contribution in [-0.2, 0) is 21.9 Å². The molecule has 0 radical (unpaired) electrons. The zero-order chi connectivity index (χ0) is 25.1. The van der Waals surface area contributed by atoms with Gasteiger partial charge in [0.1, 0.15) is 0 Å². The van der Waals surface area contributed by atoms with E-state index in [1.165, 1.54) is 0 Å². The molecule has 4 N–H and O–H groups in total. The molecule has 11 heteroatoms. The highest BCUT2D eigenvalue weighted by Crippen LogP contribution is 2.38. The van der Waals surface area contributed by atoms with E-state index < -0.39 is 40.7 Å². The summed E-state index contributed by atoms with van der Waals surface area (Å²) >= 11 is 0. The molecular weight excluding hydrogens is 464 g/mol. The van der Waals surface area contributed by atoms with E-state index in [0.29, 0.717) is 37.8 Å². The number of rotatable bonds is 5. The van der Waals surface area contributed by atoms with E-state index in [9.17, 15) is 35.9 Å². The second-order valence-corrected chi connectivity index (χ2v) is 9.47. The average molecular weight is 493 g/mol. The first-order chi connectivity index (χ1) is 15.7. The van der Waals surface area contributed by atoms with E-state index in [0.717, 1.165) is 32.1 Å². The van der Waals surface area contributed by atoms with E-state index in [-0.39, 0.29) is 30.2 Å². The van der Waals surface area contributed by atoms with Gasteiger partial charge in [0.05, 0.1) is 16.8 Å².